The Labute approximate surface area is 70.1 Å². The Balaban J connectivity index is 2.98. The van der Waals surface area contributed by atoms with E-state index in [1.54, 1.807) is 13.0 Å². The summed E-state index contributed by atoms with van der Waals surface area (Å²) in [5.41, 5.74) is 0.763. The highest BCUT2D eigenvalue weighted by Gasteiger charge is 2.00. The van der Waals surface area contributed by atoms with E-state index >= 15 is 0 Å². The Morgan fingerprint density at radius 3 is 2.75 bits per heavy atom. The Morgan fingerprint density at radius 2 is 2.33 bits per heavy atom. The average molecular weight is 161 g/mol. The second-order valence-corrected chi connectivity index (χ2v) is 2.11. The van der Waals surface area contributed by atoms with E-state index in [1.165, 1.54) is 12.3 Å². The SMILES string of the molecule is CC#Cc1ccc(C(=O)O)cn1. The van der Waals surface area contributed by atoms with Crippen molar-refractivity contribution in [2.45, 2.75) is 6.92 Å². The third-order valence-electron chi connectivity index (χ3n) is 1.26. The van der Waals surface area contributed by atoms with E-state index < -0.39 is 5.97 Å². The first-order valence-corrected chi connectivity index (χ1v) is 3.36. The maximum Gasteiger partial charge on any atom is 0.337 e. The van der Waals surface area contributed by atoms with Crippen LogP contribution in [0, 0.1) is 11.8 Å². The van der Waals surface area contributed by atoms with Crippen molar-refractivity contribution < 1.29 is 9.90 Å². The number of hydrogen-bond acceptors (Lipinski definition) is 2. The number of carboxylic acids is 1. The summed E-state index contributed by atoms with van der Waals surface area (Å²) in [6, 6.07) is 3.06. The molecule has 0 bridgehead atoms. The maximum absolute atomic E-state index is 10.4. The zero-order chi connectivity index (χ0) is 8.97. The lowest BCUT2D eigenvalue weighted by Crippen LogP contribution is -1.96. The van der Waals surface area contributed by atoms with Gasteiger partial charge in [0.25, 0.3) is 0 Å². The van der Waals surface area contributed by atoms with Crippen LogP contribution in [0.1, 0.15) is 23.0 Å². The highest BCUT2D eigenvalue weighted by Crippen LogP contribution is 1.98. The van der Waals surface area contributed by atoms with Crippen molar-refractivity contribution >= 4 is 5.97 Å². The minimum atomic E-state index is -0.974. The van der Waals surface area contributed by atoms with E-state index in [1.807, 2.05) is 0 Å². The number of pyridine rings is 1. The number of nitrogens with zero attached hydrogens (tertiary/aromatic N) is 1. The molecule has 0 amide bonds. The van der Waals surface area contributed by atoms with Gasteiger partial charge in [0.05, 0.1) is 5.56 Å². The number of aromatic carboxylic acids is 1. The van der Waals surface area contributed by atoms with Gasteiger partial charge in [-0.05, 0) is 25.0 Å². The van der Waals surface area contributed by atoms with Crippen LogP contribution in [0.25, 0.3) is 0 Å². The van der Waals surface area contributed by atoms with Crippen LogP contribution < -0.4 is 0 Å². The largest absolute Gasteiger partial charge is 0.478 e. The Bertz CT molecular complexity index is 343. The molecule has 3 nitrogen and oxygen atoms in total. The summed E-state index contributed by atoms with van der Waals surface area (Å²) in [6.45, 7) is 1.70. The molecule has 0 aromatic carbocycles. The molecule has 0 unspecified atom stereocenters. The molecule has 0 radical (unpaired) electrons. The first kappa shape index (κ1) is 8.28. The van der Waals surface area contributed by atoms with Gasteiger partial charge in [0.1, 0.15) is 5.69 Å². The van der Waals surface area contributed by atoms with Gasteiger partial charge in [-0.25, -0.2) is 9.78 Å². The summed E-state index contributed by atoms with van der Waals surface area (Å²) in [6.07, 6.45) is 1.29. The van der Waals surface area contributed by atoms with Crippen LogP contribution in [0.4, 0.5) is 0 Å². The van der Waals surface area contributed by atoms with E-state index in [0.717, 1.165) is 0 Å². The standard InChI is InChI=1S/C9H7NO2/c1-2-3-8-5-4-7(6-10-8)9(11)12/h4-6H,1H3,(H,11,12). The summed E-state index contributed by atoms with van der Waals surface area (Å²) >= 11 is 0. The van der Waals surface area contributed by atoms with Gasteiger partial charge in [0.2, 0.25) is 0 Å². The summed E-state index contributed by atoms with van der Waals surface area (Å²) in [5.74, 6) is 4.42. The number of carboxylic acid groups (broad SMARTS) is 1. The van der Waals surface area contributed by atoms with Gasteiger partial charge in [-0.1, -0.05) is 5.92 Å². The molecular formula is C9H7NO2. The fourth-order valence-corrected chi connectivity index (χ4v) is 0.722. The van der Waals surface area contributed by atoms with Crippen molar-refractivity contribution in [1.82, 2.24) is 4.98 Å². The zero-order valence-electron chi connectivity index (χ0n) is 6.53. The molecule has 0 atom stereocenters. The van der Waals surface area contributed by atoms with Crippen LogP contribution >= 0.6 is 0 Å². The Hall–Kier alpha value is -1.82. The highest BCUT2D eigenvalue weighted by atomic mass is 16.4. The number of hydrogen-bond donors (Lipinski definition) is 1. The van der Waals surface area contributed by atoms with Gasteiger partial charge in [-0.2, -0.15) is 0 Å². The maximum atomic E-state index is 10.4. The molecule has 0 aliphatic rings. The van der Waals surface area contributed by atoms with Gasteiger partial charge < -0.3 is 5.11 Å². The summed E-state index contributed by atoms with van der Waals surface area (Å²) in [5, 5.41) is 8.53. The number of carbonyl (C=O) groups is 1. The Kier molecular flexibility index (Phi) is 2.44. The van der Waals surface area contributed by atoms with Crippen molar-refractivity contribution in [3.05, 3.63) is 29.6 Å². The molecule has 0 spiro atoms. The van der Waals surface area contributed by atoms with Crippen molar-refractivity contribution in [2.75, 3.05) is 0 Å². The molecule has 1 aromatic rings. The van der Waals surface area contributed by atoms with Gasteiger partial charge in [0, 0.05) is 6.20 Å². The lowest BCUT2D eigenvalue weighted by molar-refractivity contribution is 0.0696. The second-order valence-electron chi connectivity index (χ2n) is 2.11. The van der Waals surface area contributed by atoms with Crippen LogP contribution in [0.15, 0.2) is 18.3 Å². The van der Waals surface area contributed by atoms with Gasteiger partial charge in [0.15, 0.2) is 0 Å². The first-order valence-electron chi connectivity index (χ1n) is 3.36. The lowest BCUT2D eigenvalue weighted by atomic mass is 10.2. The molecule has 60 valence electrons. The van der Waals surface area contributed by atoms with Crippen LogP contribution in [0.3, 0.4) is 0 Å². The lowest BCUT2D eigenvalue weighted by Gasteiger charge is -1.92. The minimum absolute atomic E-state index is 0.177. The topological polar surface area (TPSA) is 50.2 Å². The molecular weight excluding hydrogens is 154 g/mol. The van der Waals surface area contributed by atoms with Crippen molar-refractivity contribution in [1.29, 1.82) is 0 Å². The second kappa shape index (κ2) is 3.54. The molecule has 1 rings (SSSR count). The third kappa shape index (κ3) is 1.83. The molecule has 0 aliphatic heterocycles. The van der Waals surface area contributed by atoms with Crippen LogP contribution in [-0.2, 0) is 0 Å². The summed E-state index contributed by atoms with van der Waals surface area (Å²) < 4.78 is 0. The normalized spacial score (nSPS) is 8.42. The monoisotopic (exact) mass is 161 g/mol. The van der Waals surface area contributed by atoms with Crippen LogP contribution in [0.5, 0.6) is 0 Å². The first-order chi connectivity index (χ1) is 5.74. The van der Waals surface area contributed by atoms with E-state index in [-0.39, 0.29) is 5.56 Å². The fourth-order valence-electron chi connectivity index (χ4n) is 0.722. The van der Waals surface area contributed by atoms with E-state index in [9.17, 15) is 4.79 Å². The molecule has 0 aliphatic carbocycles. The molecule has 0 saturated heterocycles. The highest BCUT2D eigenvalue weighted by molar-refractivity contribution is 5.87. The molecule has 0 fully saturated rings. The van der Waals surface area contributed by atoms with E-state index in [4.69, 9.17) is 5.11 Å². The minimum Gasteiger partial charge on any atom is -0.478 e. The van der Waals surface area contributed by atoms with Gasteiger partial charge >= 0.3 is 5.97 Å². The fraction of sp³-hybridized carbons (Fsp3) is 0.111. The average Bonchev–Trinajstić information content (AvgIpc) is 2.06. The molecule has 12 heavy (non-hydrogen) atoms. The van der Waals surface area contributed by atoms with E-state index in [0.29, 0.717) is 5.69 Å². The quantitative estimate of drug-likeness (QED) is 0.628. The molecule has 1 N–H and O–H groups in total. The number of aromatic nitrogens is 1. The van der Waals surface area contributed by atoms with Crippen molar-refractivity contribution in [3.8, 4) is 11.8 Å². The summed E-state index contributed by atoms with van der Waals surface area (Å²) in [4.78, 5) is 14.2. The van der Waals surface area contributed by atoms with Crippen LogP contribution in [0.2, 0.25) is 0 Å². The van der Waals surface area contributed by atoms with Crippen molar-refractivity contribution in [3.63, 3.8) is 0 Å². The van der Waals surface area contributed by atoms with E-state index in [2.05, 4.69) is 16.8 Å². The smallest absolute Gasteiger partial charge is 0.337 e. The van der Waals surface area contributed by atoms with Gasteiger partial charge in [-0.15, -0.1) is 0 Å². The van der Waals surface area contributed by atoms with Crippen LogP contribution in [-0.4, -0.2) is 16.1 Å². The Morgan fingerprint density at radius 1 is 1.58 bits per heavy atom. The molecule has 3 heteroatoms. The number of rotatable bonds is 1. The predicted molar refractivity (Wildman–Crippen MR) is 43.7 cm³/mol. The molecule has 0 saturated carbocycles. The van der Waals surface area contributed by atoms with Crippen molar-refractivity contribution in [2.24, 2.45) is 0 Å². The summed E-state index contributed by atoms with van der Waals surface area (Å²) in [7, 11) is 0. The molecule has 1 heterocycles. The molecule has 1 aromatic heterocycles. The zero-order valence-corrected chi connectivity index (χ0v) is 6.53. The predicted octanol–water partition coefficient (Wildman–Crippen LogP) is 1.15. The van der Waals surface area contributed by atoms with Gasteiger partial charge in [-0.3, -0.25) is 0 Å². The third-order valence-corrected chi connectivity index (χ3v) is 1.26.